The summed E-state index contributed by atoms with van der Waals surface area (Å²) in [6, 6.07) is 0. The summed E-state index contributed by atoms with van der Waals surface area (Å²) in [6.45, 7) is 7.45. The fourth-order valence-corrected chi connectivity index (χ4v) is 1.81. The van der Waals surface area contributed by atoms with Crippen molar-refractivity contribution < 1.29 is 9.53 Å². The first-order chi connectivity index (χ1) is 7.76. The fourth-order valence-electron chi connectivity index (χ4n) is 1.81. The van der Waals surface area contributed by atoms with Crippen molar-refractivity contribution in [2.75, 3.05) is 59.5 Å². The van der Waals surface area contributed by atoms with Crippen LogP contribution in [0.2, 0.25) is 0 Å². The second-order valence-corrected chi connectivity index (χ2v) is 3.89. The summed E-state index contributed by atoms with van der Waals surface area (Å²) in [5, 5.41) is 2.68. The Balaban J connectivity index is 2.06. The Morgan fingerprint density at radius 2 is 1.81 bits per heavy atom. The molecule has 1 saturated heterocycles. The van der Waals surface area contributed by atoms with Crippen molar-refractivity contribution in [3.8, 4) is 0 Å². The van der Waals surface area contributed by atoms with Gasteiger partial charge in [0.2, 0.25) is 0 Å². The van der Waals surface area contributed by atoms with Gasteiger partial charge in [-0.25, -0.2) is 4.79 Å². The van der Waals surface area contributed by atoms with Gasteiger partial charge in [-0.1, -0.05) is 0 Å². The second kappa shape index (κ2) is 7.43. The third-order valence-electron chi connectivity index (χ3n) is 2.79. The number of rotatable bonds is 5. The van der Waals surface area contributed by atoms with Crippen LogP contribution in [0.5, 0.6) is 0 Å². The molecule has 1 aliphatic heterocycles. The molecule has 0 radical (unpaired) electrons. The van der Waals surface area contributed by atoms with Gasteiger partial charge in [0, 0.05) is 52.4 Å². The molecular formula is C10H22N4O2. The lowest BCUT2D eigenvalue weighted by Crippen LogP contribution is -2.49. The molecule has 94 valence electrons. The summed E-state index contributed by atoms with van der Waals surface area (Å²) in [5.41, 5.74) is 5.51. The number of nitrogens with two attached hydrogens (primary N) is 1. The number of alkyl carbamates (subject to hydrolysis) is 1. The standard InChI is InChI=1S/C10H22N4O2/c1-16-10(15)12-3-5-14-8-6-13(4-2-11)7-9-14/h2-9,11H2,1H3,(H,12,15). The zero-order valence-corrected chi connectivity index (χ0v) is 9.95. The number of hydrogen-bond acceptors (Lipinski definition) is 5. The summed E-state index contributed by atoms with van der Waals surface area (Å²) >= 11 is 0. The number of carbonyl (C=O) groups is 1. The normalized spacial score (nSPS) is 18.4. The van der Waals surface area contributed by atoms with E-state index in [0.717, 1.165) is 45.8 Å². The van der Waals surface area contributed by atoms with Gasteiger partial charge in [-0.15, -0.1) is 0 Å². The molecule has 6 heteroatoms. The summed E-state index contributed by atoms with van der Waals surface area (Å²) in [4.78, 5) is 15.5. The molecule has 0 aliphatic carbocycles. The van der Waals surface area contributed by atoms with Crippen LogP contribution in [0.15, 0.2) is 0 Å². The first-order valence-corrected chi connectivity index (χ1v) is 5.73. The summed E-state index contributed by atoms with van der Waals surface area (Å²) in [7, 11) is 1.38. The van der Waals surface area contributed by atoms with Crippen LogP contribution in [0.4, 0.5) is 4.79 Å². The number of piperazine rings is 1. The van der Waals surface area contributed by atoms with Crippen molar-refractivity contribution in [1.29, 1.82) is 0 Å². The van der Waals surface area contributed by atoms with Crippen molar-refractivity contribution in [3.63, 3.8) is 0 Å². The number of nitrogens with zero attached hydrogens (tertiary/aromatic N) is 2. The van der Waals surface area contributed by atoms with Gasteiger partial charge in [-0.05, 0) is 0 Å². The molecule has 3 N–H and O–H groups in total. The molecule has 0 atom stereocenters. The molecule has 0 saturated carbocycles. The maximum atomic E-state index is 10.8. The van der Waals surface area contributed by atoms with E-state index in [9.17, 15) is 4.79 Å². The van der Waals surface area contributed by atoms with Gasteiger partial charge >= 0.3 is 6.09 Å². The Hall–Kier alpha value is -0.850. The van der Waals surface area contributed by atoms with E-state index >= 15 is 0 Å². The van der Waals surface area contributed by atoms with Crippen molar-refractivity contribution in [1.82, 2.24) is 15.1 Å². The average molecular weight is 230 g/mol. The molecule has 0 unspecified atom stereocenters. The minimum absolute atomic E-state index is 0.359. The maximum absolute atomic E-state index is 10.8. The van der Waals surface area contributed by atoms with Gasteiger partial charge in [0.05, 0.1) is 7.11 Å². The number of hydrogen-bond donors (Lipinski definition) is 2. The lowest BCUT2D eigenvalue weighted by atomic mass is 10.3. The van der Waals surface area contributed by atoms with E-state index in [1.807, 2.05) is 0 Å². The van der Waals surface area contributed by atoms with Crippen LogP contribution in [0.1, 0.15) is 0 Å². The van der Waals surface area contributed by atoms with Crippen LogP contribution in [0.3, 0.4) is 0 Å². The highest BCUT2D eigenvalue weighted by Crippen LogP contribution is 1.99. The van der Waals surface area contributed by atoms with Gasteiger partial charge in [0.15, 0.2) is 0 Å². The molecule has 1 fully saturated rings. The minimum atomic E-state index is -0.359. The van der Waals surface area contributed by atoms with E-state index in [0.29, 0.717) is 6.54 Å². The van der Waals surface area contributed by atoms with Crippen molar-refractivity contribution in [3.05, 3.63) is 0 Å². The lowest BCUT2D eigenvalue weighted by molar-refractivity contribution is 0.132. The van der Waals surface area contributed by atoms with Gasteiger partial charge in [0.1, 0.15) is 0 Å². The summed E-state index contributed by atoms with van der Waals surface area (Å²) in [5.74, 6) is 0. The van der Waals surface area contributed by atoms with Gasteiger partial charge in [-0.2, -0.15) is 0 Å². The van der Waals surface area contributed by atoms with E-state index < -0.39 is 0 Å². The Kier molecular flexibility index (Phi) is 6.14. The molecule has 1 rings (SSSR count). The molecule has 1 heterocycles. The van der Waals surface area contributed by atoms with Crippen molar-refractivity contribution >= 4 is 6.09 Å². The molecule has 6 nitrogen and oxygen atoms in total. The maximum Gasteiger partial charge on any atom is 0.406 e. The zero-order chi connectivity index (χ0) is 11.8. The Morgan fingerprint density at radius 3 is 2.31 bits per heavy atom. The lowest BCUT2D eigenvalue weighted by Gasteiger charge is -2.34. The SMILES string of the molecule is COC(=O)NCCN1CCN(CCN)CC1. The second-order valence-electron chi connectivity index (χ2n) is 3.89. The fraction of sp³-hybridized carbons (Fsp3) is 0.900. The molecule has 0 spiro atoms. The van der Waals surface area contributed by atoms with Crippen LogP contribution >= 0.6 is 0 Å². The number of nitrogens with one attached hydrogen (secondary N) is 1. The summed E-state index contributed by atoms with van der Waals surface area (Å²) < 4.78 is 4.50. The molecule has 0 aromatic rings. The van der Waals surface area contributed by atoms with E-state index in [-0.39, 0.29) is 6.09 Å². The van der Waals surface area contributed by atoms with Crippen LogP contribution in [-0.2, 0) is 4.74 Å². The molecule has 0 aromatic heterocycles. The number of methoxy groups -OCH3 is 1. The van der Waals surface area contributed by atoms with Gasteiger partial charge in [0.25, 0.3) is 0 Å². The van der Waals surface area contributed by atoms with E-state index in [1.165, 1.54) is 7.11 Å². The quantitative estimate of drug-likeness (QED) is 0.628. The van der Waals surface area contributed by atoms with Crippen LogP contribution in [-0.4, -0.2) is 75.4 Å². The molecule has 0 aromatic carbocycles. The zero-order valence-electron chi connectivity index (χ0n) is 9.95. The highest BCUT2D eigenvalue weighted by atomic mass is 16.5. The largest absolute Gasteiger partial charge is 0.453 e. The van der Waals surface area contributed by atoms with E-state index in [4.69, 9.17) is 5.73 Å². The highest BCUT2D eigenvalue weighted by Gasteiger charge is 2.15. The van der Waals surface area contributed by atoms with Crippen LogP contribution in [0, 0.1) is 0 Å². The van der Waals surface area contributed by atoms with Crippen LogP contribution in [0.25, 0.3) is 0 Å². The number of amides is 1. The van der Waals surface area contributed by atoms with Gasteiger partial charge in [-0.3, -0.25) is 9.80 Å². The Morgan fingerprint density at radius 1 is 1.25 bits per heavy atom. The predicted molar refractivity (Wildman–Crippen MR) is 62.3 cm³/mol. The predicted octanol–water partition coefficient (Wildman–Crippen LogP) is -1.08. The van der Waals surface area contributed by atoms with Gasteiger partial charge < -0.3 is 15.8 Å². The van der Waals surface area contributed by atoms with Crippen molar-refractivity contribution in [2.45, 2.75) is 0 Å². The smallest absolute Gasteiger partial charge is 0.406 e. The molecular weight excluding hydrogens is 208 g/mol. The topological polar surface area (TPSA) is 70.8 Å². The minimum Gasteiger partial charge on any atom is -0.453 e. The third-order valence-corrected chi connectivity index (χ3v) is 2.79. The highest BCUT2D eigenvalue weighted by molar-refractivity contribution is 5.66. The molecule has 16 heavy (non-hydrogen) atoms. The average Bonchev–Trinajstić information content (AvgIpc) is 2.31. The van der Waals surface area contributed by atoms with E-state index in [2.05, 4.69) is 19.9 Å². The summed E-state index contributed by atoms with van der Waals surface area (Å²) in [6.07, 6.45) is -0.359. The third kappa shape index (κ3) is 4.78. The number of carbonyl (C=O) groups excluding carboxylic acids is 1. The van der Waals surface area contributed by atoms with Crippen molar-refractivity contribution in [2.24, 2.45) is 5.73 Å². The molecule has 1 aliphatic rings. The Labute approximate surface area is 96.7 Å². The monoisotopic (exact) mass is 230 g/mol. The van der Waals surface area contributed by atoms with E-state index in [1.54, 1.807) is 0 Å². The first-order valence-electron chi connectivity index (χ1n) is 5.73. The molecule has 1 amide bonds. The molecule has 0 bridgehead atoms. The number of ether oxygens (including phenoxy) is 1. The van der Waals surface area contributed by atoms with Crippen LogP contribution < -0.4 is 11.1 Å². The first kappa shape index (κ1) is 13.2. The Bertz CT molecular complexity index is 205.